The first-order valence-electron chi connectivity index (χ1n) is 9.82. The summed E-state index contributed by atoms with van der Waals surface area (Å²) in [6, 6.07) is 21.5. The molecule has 0 spiro atoms. The molecule has 0 aliphatic rings. The Morgan fingerprint density at radius 3 is 2.71 bits per heavy atom. The number of fused-ring (bicyclic) bond motifs is 1. The molecule has 0 saturated heterocycles. The first kappa shape index (κ1) is 20.6. The summed E-state index contributed by atoms with van der Waals surface area (Å²) in [6.45, 7) is 2.49. The van der Waals surface area contributed by atoms with E-state index in [9.17, 15) is 4.79 Å². The Morgan fingerprint density at radius 1 is 1.06 bits per heavy atom. The van der Waals surface area contributed by atoms with Crippen molar-refractivity contribution < 1.29 is 14.3 Å². The molecule has 0 unspecified atom stereocenters. The number of hydrogen-bond acceptors (Lipinski definition) is 5. The lowest BCUT2D eigenvalue weighted by Crippen LogP contribution is -2.07. The molecule has 4 rings (SSSR count). The summed E-state index contributed by atoms with van der Waals surface area (Å²) >= 11 is 1.46. The number of benzene rings is 3. The SMILES string of the molecule is COc1cc(/C=C/C(=O)Nc2nc3ccc(C)cc3s2)ccc1OCc1ccccc1. The van der Waals surface area contributed by atoms with Crippen molar-refractivity contribution in [3.8, 4) is 11.5 Å². The highest BCUT2D eigenvalue weighted by atomic mass is 32.1. The zero-order valence-electron chi connectivity index (χ0n) is 17.3. The van der Waals surface area contributed by atoms with Gasteiger partial charge in [-0.1, -0.05) is 53.8 Å². The predicted molar refractivity (Wildman–Crippen MR) is 126 cm³/mol. The van der Waals surface area contributed by atoms with Crippen molar-refractivity contribution in [3.63, 3.8) is 0 Å². The van der Waals surface area contributed by atoms with Crippen molar-refractivity contribution in [2.24, 2.45) is 0 Å². The van der Waals surface area contributed by atoms with Gasteiger partial charge in [0.15, 0.2) is 16.6 Å². The Kier molecular flexibility index (Phi) is 6.29. The van der Waals surface area contributed by atoms with Crippen LogP contribution in [-0.2, 0) is 11.4 Å². The quantitative estimate of drug-likeness (QED) is 0.374. The lowest BCUT2D eigenvalue weighted by atomic mass is 10.2. The molecule has 0 aliphatic heterocycles. The molecule has 156 valence electrons. The Labute approximate surface area is 185 Å². The zero-order chi connectivity index (χ0) is 21.6. The Hall–Kier alpha value is -3.64. The summed E-state index contributed by atoms with van der Waals surface area (Å²) in [6.07, 6.45) is 3.22. The highest BCUT2D eigenvalue weighted by Gasteiger charge is 2.08. The number of aryl methyl sites for hydroxylation is 1. The van der Waals surface area contributed by atoms with Gasteiger partial charge in [0, 0.05) is 6.08 Å². The van der Waals surface area contributed by atoms with Gasteiger partial charge in [-0.3, -0.25) is 10.1 Å². The Morgan fingerprint density at radius 2 is 1.90 bits per heavy atom. The topological polar surface area (TPSA) is 60.5 Å². The maximum atomic E-state index is 12.3. The Balaban J connectivity index is 1.40. The van der Waals surface area contributed by atoms with Crippen molar-refractivity contribution in [1.82, 2.24) is 4.98 Å². The number of carbonyl (C=O) groups excluding carboxylic acids is 1. The lowest BCUT2D eigenvalue weighted by molar-refractivity contribution is -0.111. The summed E-state index contributed by atoms with van der Waals surface area (Å²) in [5.41, 5.74) is 3.96. The van der Waals surface area contributed by atoms with Gasteiger partial charge in [-0.05, 0) is 54.0 Å². The fraction of sp³-hybridized carbons (Fsp3) is 0.120. The van der Waals surface area contributed by atoms with E-state index in [1.54, 1.807) is 13.2 Å². The summed E-state index contributed by atoms with van der Waals surface area (Å²) < 4.78 is 12.4. The Bertz CT molecular complexity index is 1230. The number of methoxy groups -OCH3 is 1. The van der Waals surface area contributed by atoms with Crippen LogP contribution in [0.4, 0.5) is 5.13 Å². The normalized spacial score (nSPS) is 11.0. The summed E-state index contributed by atoms with van der Waals surface area (Å²) in [7, 11) is 1.60. The van der Waals surface area contributed by atoms with Crippen LogP contribution in [0.2, 0.25) is 0 Å². The zero-order valence-corrected chi connectivity index (χ0v) is 18.1. The van der Waals surface area contributed by atoms with Gasteiger partial charge in [0.1, 0.15) is 6.61 Å². The van der Waals surface area contributed by atoms with Crippen LogP contribution in [0.5, 0.6) is 11.5 Å². The number of aromatic nitrogens is 1. The van der Waals surface area contributed by atoms with Crippen LogP contribution in [0.25, 0.3) is 16.3 Å². The van der Waals surface area contributed by atoms with Crippen molar-refractivity contribution in [1.29, 1.82) is 0 Å². The second kappa shape index (κ2) is 9.45. The number of anilines is 1. The molecule has 0 fully saturated rings. The molecule has 1 heterocycles. The fourth-order valence-corrected chi connectivity index (χ4v) is 4.01. The van der Waals surface area contributed by atoms with Crippen LogP contribution in [0, 0.1) is 6.92 Å². The van der Waals surface area contributed by atoms with Crippen molar-refractivity contribution in [2.75, 3.05) is 12.4 Å². The van der Waals surface area contributed by atoms with Crippen LogP contribution >= 0.6 is 11.3 Å². The van der Waals surface area contributed by atoms with Gasteiger partial charge in [-0.15, -0.1) is 0 Å². The minimum Gasteiger partial charge on any atom is -0.493 e. The first-order chi connectivity index (χ1) is 15.1. The average Bonchev–Trinajstić information content (AvgIpc) is 3.18. The third-order valence-corrected chi connectivity index (χ3v) is 5.56. The molecule has 6 heteroatoms. The summed E-state index contributed by atoms with van der Waals surface area (Å²) in [5, 5.41) is 3.41. The molecule has 0 aliphatic carbocycles. The predicted octanol–water partition coefficient (Wildman–Crippen LogP) is 5.84. The molecule has 1 aromatic heterocycles. The number of nitrogens with zero attached hydrogens (tertiary/aromatic N) is 1. The second-order valence-corrected chi connectivity index (χ2v) is 8.03. The number of carbonyl (C=O) groups is 1. The van der Waals surface area contributed by atoms with Gasteiger partial charge in [-0.25, -0.2) is 4.98 Å². The fourth-order valence-electron chi connectivity index (χ4n) is 3.05. The van der Waals surface area contributed by atoms with Gasteiger partial charge >= 0.3 is 0 Å². The molecule has 1 amide bonds. The lowest BCUT2D eigenvalue weighted by Gasteiger charge is -2.11. The van der Waals surface area contributed by atoms with Gasteiger partial charge in [0.2, 0.25) is 5.91 Å². The van der Waals surface area contributed by atoms with Crippen molar-refractivity contribution in [2.45, 2.75) is 13.5 Å². The molecule has 3 aromatic carbocycles. The van der Waals surface area contributed by atoms with E-state index in [1.165, 1.54) is 23.0 Å². The van der Waals surface area contributed by atoms with E-state index >= 15 is 0 Å². The van der Waals surface area contributed by atoms with Gasteiger partial charge < -0.3 is 9.47 Å². The van der Waals surface area contributed by atoms with E-state index in [-0.39, 0.29) is 5.91 Å². The maximum absolute atomic E-state index is 12.3. The average molecular weight is 431 g/mol. The molecule has 31 heavy (non-hydrogen) atoms. The molecule has 1 N–H and O–H groups in total. The minimum absolute atomic E-state index is 0.237. The number of thiazole rings is 1. The monoisotopic (exact) mass is 430 g/mol. The highest BCUT2D eigenvalue weighted by Crippen LogP contribution is 2.30. The second-order valence-electron chi connectivity index (χ2n) is 7.00. The van der Waals surface area contributed by atoms with E-state index in [0.29, 0.717) is 23.2 Å². The van der Waals surface area contributed by atoms with E-state index < -0.39 is 0 Å². The third-order valence-electron chi connectivity index (χ3n) is 4.63. The number of amides is 1. The van der Waals surface area contributed by atoms with Crippen LogP contribution < -0.4 is 14.8 Å². The number of nitrogens with one attached hydrogen (secondary N) is 1. The van der Waals surface area contributed by atoms with Gasteiger partial charge in [0.25, 0.3) is 0 Å². The molecule has 4 aromatic rings. The number of ether oxygens (including phenoxy) is 2. The van der Waals surface area contributed by atoms with E-state index in [1.807, 2.05) is 67.6 Å². The smallest absolute Gasteiger partial charge is 0.250 e. The van der Waals surface area contributed by atoms with Gasteiger partial charge in [0.05, 0.1) is 17.3 Å². The number of hydrogen-bond donors (Lipinski definition) is 1. The van der Waals surface area contributed by atoms with E-state index in [0.717, 1.165) is 21.3 Å². The molecule has 5 nitrogen and oxygen atoms in total. The van der Waals surface area contributed by atoms with E-state index in [4.69, 9.17) is 9.47 Å². The maximum Gasteiger partial charge on any atom is 0.250 e. The summed E-state index contributed by atoms with van der Waals surface area (Å²) in [5.74, 6) is 1.02. The highest BCUT2D eigenvalue weighted by molar-refractivity contribution is 7.22. The standard InChI is InChI=1S/C25H22N2O3S/c1-17-8-11-20-23(14-17)31-25(26-20)27-24(28)13-10-18-9-12-21(22(15-18)29-2)30-16-19-6-4-3-5-7-19/h3-15H,16H2,1-2H3,(H,26,27,28)/b13-10+. The van der Waals surface area contributed by atoms with Crippen molar-refractivity contribution >= 4 is 38.7 Å². The molecular weight excluding hydrogens is 408 g/mol. The molecule has 0 saturated carbocycles. The van der Waals surface area contributed by atoms with Crippen LogP contribution in [0.3, 0.4) is 0 Å². The van der Waals surface area contributed by atoms with Gasteiger partial charge in [-0.2, -0.15) is 0 Å². The third kappa shape index (κ3) is 5.29. The molecular formula is C25H22N2O3S. The van der Waals surface area contributed by atoms with Crippen LogP contribution in [-0.4, -0.2) is 18.0 Å². The van der Waals surface area contributed by atoms with Crippen LogP contribution in [0.15, 0.2) is 72.8 Å². The largest absolute Gasteiger partial charge is 0.493 e. The summed E-state index contributed by atoms with van der Waals surface area (Å²) in [4.78, 5) is 16.8. The van der Waals surface area contributed by atoms with E-state index in [2.05, 4.69) is 16.4 Å². The molecule has 0 atom stereocenters. The molecule has 0 bridgehead atoms. The molecule has 0 radical (unpaired) electrons. The van der Waals surface area contributed by atoms with Crippen LogP contribution in [0.1, 0.15) is 16.7 Å². The number of rotatable bonds is 7. The first-order valence-corrected chi connectivity index (χ1v) is 10.6. The minimum atomic E-state index is -0.237. The van der Waals surface area contributed by atoms with Crippen molar-refractivity contribution in [3.05, 3.63) is 89.5 Å².